The zero-order valence-corrected chi connectivity index (χ0v) is 12.1. The van der Waals surface area contributed by atoms with E-state index < -0.39 is 6.04 Å². The van der Waals surface area contributed by atoms with E-state index in [1.54, 1.807) is 0 Å². The number of carbonyl (C=O) groups excluding carboxylic acids is 1. The summed E-state index contributed by atoms with van der Waals surface area (Å²) in [5.74, 6) is 0.603. The summed E-state index contributed by atoms with van der Waals surface area (Å²) in [4.78, 5) is 14.7. The fraction of sp³-hybridized carbons (Fsp3) is 0.529. The molecule has 3 aliphatic rings. The molecule has 1 aliphatic carbocycles. The lowest BCUT2D eigenvalue weighted by Gasteiger charge is -2.37. The summed E-state index contributed by atoms with van der Waals surface area (Å²) in [6.07, 6.45) is 3.01. The zero-order valence-electron chi connectivity index (χ0n) is 12.1. The second-order valence-corrected chi connectivity index (χ2v) is 6.57. The number of nitrogens with zero attached hydrogens (tertiary/aromatic N) is 2. The Morgan fingerprint density at radius 3 is 2.76 bits per heavy atom. The molecule has 4 rings (SSSR count). The van der Waals surface area contributed by atoms with Crippen LogP contribution >= 0.6 is 0 Å². The van der Waals surface area contributed by atoms with Crippen molar-refractivity contribution in [3.05, 3.63) is 35.4 Å². The molecule has 0 bridgehead atoms. The molecule has 6 atom stereocenters. The molecular formula is C17H19N3O. The number of hydrogen-bond donors (Lipinski definition) is 1. The Labute approximate surface area is 124 Å². The summed E-state index contributed by atoms with van der Waals surface area (Å²) in [5, 5.41) is 12.2. The van der Waals surface area contributed by atoms with Crippen LogP contribution in [0.15, 0.2) is 24.3 Å². The molecule has 0 spiro atoms. The van der Waals surface area contributed by atoms with Gasteiger partial charge < -0.3 is 5.32 Å². The molecule has 1 N–H and O–H groups in total. The van der Waals surface area contributed by atoms with Crippen LogP contribution in [-0.2, 0) is 11.2 Å². The first-order valence-electron chi connectivity index (χ1n) is 7.72. The molecule has 21 heavy (non-hydrogen) atoms. The lowest BCUT2D eigenvalue weighted by molar-refractivity contribution is -0.130. The number of benzene rings is 1. The van der Waals surface area contributed by atoms with E-state index in [4.69, 9.17) is 0 Å². The second-order valence-electron chi connectivity index (χ2n) is 6.57. The minimum absolute atomic E-state index is 0.0441. The van der Waals surface area contributed by atoms with Gasteiger partial charge in [0.1, 0.15) is 6.04 Å². The standard InChI is InChI=1S/C17H19N3O/c1-10-2-4-11(5-3-10)8-12(9-18)19-17(21)16-13-6-7-14-15(13)20(14)16/h2-5,12-16H,6-8H2,1H3,(H,19,21). The van der Waals surface area contributed by atoms with E-state index in [0.717, 1.165) is 5.56 Å². The Bertz CT molecular complexity index is 614. The summed E-state index contributed by atoms with van der Waals surface area (Å²) in [6.45, 7) is 2.04. The summed E-state index contributed by atoms with van der Waals surface area (Å²) in [6, 6.07) is 11.3. The van der Waals surface area contributed by atoms with Crippen molar-refractivity contribution in [3.63, 3.8) is 0 Å². The average Bonchev–Trinajstić information content (AvgIpc) is 2.94. The van der Waals surface area contributed by atoms with E-state index >= 15 is 0 Å². The molecule has 108 valence electrons. The van der Waals surface area contributed by atoms with E-state index in [1.165, 1.54) is 18.4 Å². The molecule has 4 heteroatoms. The SMILES string of the molecule is Cc1ccc(CC(C#N)NC(=O)C2C3CCC4C3N42)cc1. The first-order valence-corrected chi connectivity index (χ1v) is 7.72. The Balaban J connectivity index is 1.37. The minimum atomic E-state index is -0.433. The number of rotatable bonds is 4. The van der Waals surface area contributed by atoms with E-state index in [0.29, 0.717) is 24.4 Å². The Hall–Kier alpha value is -1.86. The lowest BCUT2D eigenvalue weighted by atomic mass is 9.88. The predicted molar refractivity (Wildman–Crippen MR) is 78.4 cm³/mol. The highest BCUT2D eigenvalue weighted by atomic mass is 16.2. The molecule has 2 aliphatic heterocycles. The molecule has 3 fully saturated rings. The number of fused-ring (bicyclic) bond motifs is 1. The Morgan fingerprint density at radius 2 is 2.19 bits per heavy atom. The van der Waals surface area contributed by atoms with Gasteiger partial charge in [-0.3, -0.25) is 9.69 Å². The Kier molecular flexibility index (Phi) is 2.80. The number of amides is 1. The van der Waals surface area contributed by atoms with Crippen LogP contribution in [0.1, 0.15) is 24.0 Å². The summed E-state index contributed by atoms with van der Waals surface area (Å²) >= 11 is 0. The van der Waals surface area contributed by atoms with Gasteiger partial charge in [-0.15, -0.1) is 0 Å². The van der Waals surface area contributed by atoms with Crippen molar-refractivity contribution in [1.82, 2.24) is 10.2 Å². The quantitative estimate of drug-likeness (QED) is 0.849. The van der Waals surface area contributed by atoms with Gasteiger partial charge in [0, 0.05) is 24.4 Å². The number of aryl methyl sites for hydroxylation is 1. The largest absolute Gasteiger partial charge is 0.339 e. The average molecular weight is 281 g/mol. The molecule has 2 saturated heterocycles. The van der Waals surface area contributed by atoms with Crippen molar-refractivity contribution in [2.24, 2.45) is 5.92 Å². The second kappa shape index (κ2) is 4.57. The number of carbonyl (C=O) groups is 1. The fourth-order valence-corrected chi connectivity index (χ4v) is 4.21. The molecule has 1 amide bonds. The third-order valence-corrected chi connectivity index (χ3v) is 5.29. The third-order valence-electron chi connectivity index (χ3n) is 5.29. The van der Waals surface area contributed by atoms with Gasteiger partial charge >= 0.3 is 0 Å². The minimum Gasteiger partial charge on any atom is -0.339 e. The number of nitriles is 1. The molecular weight excluding hydrogens is 262 g/mol. The highest BCUT2D eigenvalue weighted by Gasteiger charge is 2.72. The van der Waals surface area contributed by atoms with Gasteiger partial charge in [-0.05, 0) is 25.3 Å². The maximum absolute atomic E-state index is 12.4. The summed E-state index contributed by atoms with van der Waals surface area (Å²) in [7, 11) is 0. The van der Waals surface area contributed by atoms with Crippen LogP contribution in [0.2, 0.25) is 0 Å². The lowest BCUT2D eigenvalue weighted by Crippen LogP contribution is -2.56. The molecule has 0 radical (unpaired) electrons. The van der Waals surface area contributed by atoms with Crippen LogP contribution < -0.4 is 5.32 Å². The van der Waals surface area contributed by atoms with E-state index in [1.807, 2.05) is 31.2 Å². The van der Waals surface area contributed by atoms with Crippen molar-refractivity contribution in [1.29, 1.82) is 5.26 Å². The van der Waals surface area contributed by atoms with Gasteiger partial charge in [-0.25, -0.2) is 0 Å². The van der Waals surface area contributed by atoms with Crippen LogP contribution in [0.4, 0.5) is 0 Å². The van der Waals surface area contributed by atoms with Crippen LogP contribution in [0.5, 0.6) is 0 Å². The Morgan fingerprint density at radius 1 is 1.43 bits per heavy atom. The van der Waals surface area contributed by atoms with Gasteiger partial charge in [-0.1, -0.05) is 29.8 Å². The van der Waals surface area contributed by atoms with E-state index in [2.05, 4.69) is 16.3 Å². The van der Waals surface area contributed by atoms with Crippen LogP contribution in [0.3, 0.4) is 0 Å². The smallest absolute Gasteiger partial charge is 0.238 e. The van der Waals surface area contributed by atoms with Crippen molar-refractivity contribution < 1.29 is 4.79 Å². The predicted octanol–water partition coefficient (Wildman–Crippen LogP) is 1.39. The number of hydrogen-bond acceptors (Lipinski definition) is 3. The van der Waals surface area contributed by atoms with Gasteiger partial charge in [0.2, 0.25) is 5.91 Å². The summed E-state index contributed by atoms with van der Waals surface area (Å²) < 4.78 is 0. The van der Waals surface area contributed by atoms with Gasteiger partial charge in [0.05, 0.1) is 12.1 Å². The van der Waals surface area contributed by atoms with Gasteiger partial charge in [0.25, 0.3) is 0 Å². The van der Waals surface area contributed by atoms with Crippen LogP contribution in [-0.4, -0.2) is 35.0 Å². The molecule has 1 aromatic rings. The number of piperidine rings is 2. The first kappa shape index (κ1) is 12.8. The maximum atomic E-state index is 12.4. The number of nitrogens with one attached hydrogen (secondary N) is 1. The monoisotopic (exact) mass is 281 g/mol. The molecule has 0 aromatic heterocycles. The van der Waals surface area contributed by atoms with Gasteiger partial charge in [-0.2, -0.15) is 5.26 Å². The zero-order chi connectivity index (χ0) is 14.6. The molecule has 2 heterocycles. The van der Waals surface area contributed by atoms with Crippen molar-refractivity contribution in [2.45, 2.75) is 50.4 Å². The topological polar surface area (TPSA) is 55.9 Å². The fourth-order valence-electron chi connectivity index (χ4n) is 4.21. The molecule has 1 aromatic carbocycles. The van der Waals surface area contributed by atoms with Gasteiger partial charge in [0.15, 0.2) is 0 Å². The van der Waals surface area contributed by atoms with E-state index in [-0.39, 0.29) is 11.9 Å². The van der Waals surface area contributed by atoms with Crippen LogP contribution in [0, 0.1) is 24.2 Å². The van der Waals surface area contributed by atoms with Crippen molar-refractivity contribution in [2.75, 3.05) is 0 Å². The van der Waals surface area contributed by atoms with Crippen molar-refractivity contribution in [3.8, 4) is 6.07 Å². The molecule has 4 nitrogen and oxygen atoms in total. The molecule has 1 saturated carbocycles. The van der Waals surface area contributed by atoms with E-state index in [9.17, 15) is 10.1 Å². The normalized spacial score (nSPS) is 36.1. The first-order chi connectivity index (χ1) is 10.2. The van der Waals surface area contributed by atoms with Crippen LogP contribution in [0.25, 0.3) is 0 Å². The maximum Gasteiger partial charge on any atom is 0.238 e. The summed E-state index contributed by atoms with van der Waals surface area (Å²) in [5.41, 5.74) is 2.29. The highest BCUT2D eigenvalue weighted by Crippen LogP contribution is 2.59. The highest BCUT2D eigenvalue weighted by molar-refractivity contribution is 5.85. The van der Waals surface area contributed by atoms with Crippen molar-refractivity contribution >= 4 is 5.91 Å². The third kappa shape index (κ3) is 1.96. The molecule has 6 unspecified atom stereocenters.